The highest BCUT2D eigenvalue weighted by atomic mass is 19.4. The van der Waals surface area contributed by atoms with E-state index in [1.807, 2.05) is 0 Å². The quantitative estimate of drug-likeness (QED) is 0.771. The number of esters is 1. The maximum absolute atomic E-state index is 12.5. The average molecular weight is 248 g/mol. The Hall–Kier alpha value is -1.72. The number of hydrogen-bond donors (Lipinski definition) is 0. The van der Waals surface area contributed by atoms with Crippen molar-refractivity contribution in [3.63, 3.8) is 0 Å². The van der Waals surface area contributed by atoms with Crippen LogP contribution in [0, 0.1) is 6.92 Å². The summed E-state index contributed by atoms with van der Waals surface area (Å²) < 4.78 is 46.6. The van der Waals surface area contributed by atoms with E-state index in [0.29, 0.717) is 5.56 Å². The van der Waals surface area contributed by atoms with E-state index in [4.69, 9.17) is 4.74 Å². The zero-order valence-corrected chi connectivity index (χ0v) is 9.30. The second-order valence-electron chi connectivity index (χ2n) is 3.40. The van der Waals surface area contributed by atoms with Gasteiger partial charge in [0.25, 0.3) is 0 Å². The second-order valence-corrected chi connectivity index (χ2v) is 3.40. The number of alkyl halides is 3. The first-order chi connectivity index (χ1) is 7.82. The van der Waals surface area contributed by atoms with Crippen molar-refractivity contribution >= 4 is 5.97 Å². The maximum atomic E-state index is 12.5. The lowest BCUT2D eigenvalue weighted by atomic mass is 10.1. The highest BCUT2D eigenvalue weighted by Gasteiger charge is 2.31. The molecule has 0 aliphatic heterocycles. The van der Waals surface area contributed by atoms with E-state index < -0.39 is 24.3 Å². The van der Waals surface area contributed by atoms with Gasteiger partial charge in [-0.15, -0.1) is 0 Å². The lowest BCUT2D eigenvalue weighted by Crippen LogP contribution is -2.13. The number of hydrogen-bond acceptors (Lipinski definition) is 3. The highest BCUT2D eigenvalue weighted by Crippen LogP contribution is 2.32. The molecule has 0 fully saturated rings. The Morgan fingerprint density at radius 3 is 2.47 bits per heavy atom. The van der Waals surface area contributed by atoms with E-state index in [2.05, 4.69) is 4.74 Å². The molecule has 3 nitrogen and oxygen atoms in total. The van der Waals surface area contributed by atoms with Gasteiger partial charge in [0.1, 0.15) is 5.75 Å². The molecule has 0 heterocycles. The number of carbonyl (C=O) groups excluding carboxylic acids is 1. The van der Waals surface area contributed by atoms with E-state index in [1.165, 1.54) is 20.1 Å². The molecule has 0 radical (unpaired) electrons. The molecule has 1 aromatic rings. The standard InChI is InChI=1S/C11H11F3O3/c1-7-3-8(11(12,13)14)5-9(4-7)17-6-10(15)16-2/h3-5H,6H2,1-2H3. The van der Waals surface area contributed by atoms with E-state index in [0.717, 1.165) is 12.1 Å². The average Bonchev–Trinajstić information content (AvgIpc) is 2.24. The third-order valence-corrected chi connectivity index (χ3v) is 1.96. The zero-order chi connectivity index (χ0) is 13.1. The molecule has 0 saturated heterocycles. The second kappa shape index (κ2) is 5.07. The number of benzene rings is 1. The van der Waals surface area contributed by atoms with Gasteiger partial charge in [-0.25, -0.2) is 4.79 Å². The number of halogens is 3. The molecule has 1 rings (SSSR count). The van der Waals surface area contributed by atoms with Crippen molar-refractivity contribution in [3.8, 4) is 5.75 Å². The van der Waals surface area contributed by atoms with Crippen LogP contribution in [0.5, 0.6) is 5.75 Å². The monoisotopic (exact) mass is 248 g/mol. The van der Waals surface area contributed by atoms with Gasteiger partial charge < -0.3 is 9.47 Å². The summed E-state index contributed by atoms with van der Waals surface area (Å²) in [5.74, 6) is -0.664. The fraction of sp³-hybridized carbons (Fsp3) is 0.364. The summed E-state index contributed by atoms with van der Waals surface area (Å²) in [6, 6.07) is 3.26. The first-order valence-corrected chi connectivity index (χ1v) is 4.71. The van der Waals surface area contributed by atoms with E-state index in [1.54, 1.807) is 0 Å². The van der Waals surface area contributed by atoms with E-state index >= 15 is 0 Å². The van der Waals surface area contributed by atoms with Crippen LogP contribution >= 0.6 is 0 Å². The third kappa shape index (κ3) is 3.97. The molecule has 0 spiro atoms. The van der Waals surface area contributed by atoms with Crippen molar-refractivity contribution in [1.82, 2.24) is 0 Å². The van der Waals surface area contributed by atoms with Gasteiger partial charge in [0, 0.05) is 0 Å². The van der Waals surface area contributed by atoms with Gasteiger partial charge >= 0.3 is 12.1 Å². The van der Waals surface area contributed by atoms with Gasteiger partial charge in [0.15, 0.2) is 6.61 Å². The van der Waals surface area contributed by atoms with Crippen molar-refractivity contribution in [1.29, 1.82) is 0 Å². The SMILES string of the molecule is COC(=O)COc1cc(C)cc(C(F)(F)F)c1. The third-order valence-electron chi connectivity index (χ3n) is 1.96. The molecule has 0 atom stereocenters. The molecule has 0 aliphatic rings. The van der Waals surface area contributed by atoms with Crippen LogP contribution in [-0.4, -0.2) is 19.7 Å². The van der Waals surface area contributed by atoms with Crippen molar-refractivity contribution in [3.05, 3.63) is 29.3 Å². The van der Waals surface area contributed by atoms with Gasteiger partial charge in [-0.2, -0.15) is 13.2 Å². The van der Waals surface area contributed by atoms with Crippen LogP contribution in [0.2, 0.25) is 0 Å². The molecule has 1 aromatic carbocycles. The zero-order valence-electron chi connectivity index (χ0n) is 9.30. The van der Waals surface area contributed by atoms with Gasteiger partial charge in [-0.1, -0.05) is 0 Å². The fourth-order valence-corrected chi connectivity index (χ4v) is 1.20. The number of carbonyl (C=O) groups is 1. The molecule has 0 saturated carbocycles. The number of aryl methyl sites for hydroxylation is 1. The number of rotatable bonds is 3. The normalized spacial score (nSPS) is 11.1. The molecule has 6 heteroatoms. The first-order valence-electron chi connectivity index (χ1n) is 4.71. The number of methoxy groups -OCH3 is 1. The summed E-state index contributed by atoms with van der Waals surface area (Å²) in [4.78, 5) is 10.8. The molecule has 17 heavy (non-hydrogen) atoms. The predicted octanol–water partition coefficient (Wildman–Crippen LogP) is 2.57. The lowest BCUT2D eigenvalue weighted by Gasteiger charge is -2.11. The summed E-state index contributed by atoms with van der Waals surface area (Å²) in [5, 5.41) is 0. The van der Waals surface area contributed by atoms with Gasteiger partial charge in [-0.3, -0.25) is 0 Å². The summed E-state index contributed by atoms with van der Waals surface area (Å²) in [6.07, 6.45) is -4.44. The molecule has 0 aromatic heterocycles. The summed E-state index contributed by atoms with van der Waals surface area (Å²) in [5.41, 5.74) is -0.406. The Balaban J connectivity index is 2.87. The summed E-state index contributed by atoms with van der Waals surface area (Å²) >= 11 is 0. The van der Waals surface area contributed by atoms with Gasteiger partial charge in [-0.05, 0) is 30.7 Å². The minimum absolute atomic E-state index is 0.0114. The van der Waals surface area contributed by atoms with Crippen LogP contribution in [0.3, 0.4) is 0 Å². The molecule has 0 amide bonds. The molecule has 94 valence electrons. The van der Waals surface area contributed by atoms with Crippen LogP contribution in [0.15, 0.2) is 18.2 Å². The molecule has 0 unspecified atom stereocenters. The first kappa shape index (κ1) is 13.3. The van der Waals surface area contributed by atoms with Crippen molar-refractivity contribution < 1.29 is 27.4 Å². The Labute approximate surface area is 96.1 Å². The number of ether oxygens (including phenoxy) is 2. The summed E-state index contributed by atoms with van der Waals surface area (Å²) in [7, 11) is 1.17. The molecule has 0 N–H and O–H groups in total. The molecular formula is C11H11F3O3. The minimum atomic E-state index is -4.44. The molecule has 0 aliphatic carbocycles. The smallest absolute Gasteiger partial charge is 0.416 e. The Bertz CT molecular complexity index is 413. The van der Waals surface area contributed by atoms with E-state index in [-0.39, 0.29) is 5.75 Å². The van der Waals surface area contributed by atoms with Crippen molar-refractivity contribution in [2.45, 2.75) is 13.1 Å². The van der Waals surface area contributed by atoms with E-state index in [9.17, 15) is 18.0 Å². The summed E-state index contributed by atoms with van der Waals surface area (Å²) in [6.45, 7) is 1.09. The fourth-order valence-electron chi connectivity index (χ4n) is 1.20. The predicted molar refractivity (Wildman–Crippen MR) is 53.7 cm³/mol. The van der Waals surface area contributed by atoms with Crippen LogP contribution in [-0.2, 0) is 15.7 Å². The maximum Gasteiger partial charge on any atom is 0.416 e. The van der Waals surface area contributed by atoms with Crippen LogP contribution in [0.25, 0.3) is 0 Å². The van der Waals surface area contributed by atoms with Gasteiger partial charge in [0.05, 0.1) is 12.7 Å². The Kier molecular flexibility index (Phi) is 3.98. The Morgan fingerprint density at radius 1 is 1.29 bits per heavy atom. The molecular weight excluding hydrogens is 237 g/mol. The lowest BCUT2D eigenvalue weighted by molar-refractivity contribution is -0.142. The van der Waals surface area contributed by atoms with Gasteiger partial charge in [0.2, 0.25) is 0 Å². The highest BCUT2D eigenvalue weighted by molar-refractivity contribution is 5.70. The van der Waals surface area contributed by atoms with Crippen LogP contribution in [0.1, 0.15) is 11.1 Å². The van der Waals surface area contributed by atoms with Crippen molar-refractivity contribution in [2.24, 2.45) is 0 Å². The van der Waals surface area contributed by atoms with Crippen LogP contribution < -0.4 is 4.74 Å². The van der Waals surface area contributed by atoms with Crippen molar-refractivity contribution in [2.75, 3.05) is 13.7 Å². The topological polar surface area (TPSA) is 35.5 Å². The minimum Gasteiger partial charge on any atom is -0.482 e. The Morgan fingerprint density at radius 2 is 1.94 bits per heavy atom. The largest absolute Gasteiger partial charge is 0.482 e. The van der Waals surface area contributed by atoms with Crippen LogP contribution in [0.4, 0.5) is 13.2 Å². The molecule has 0 bridgehead atoms.